The Morgan fingerprint density at radius 1 is 0.353 bits per heavy atom. The third kappa shape index (κ3) is 5.99. The van der Waals surface area contributed by atoms with E-state index in [1.165, 1.54) is 0 Å². The summed E-state index contributed by atoms with van der Waals surface area (Å²) in [6.07, 6.45) is 6.10. The van der Waals surface area contributed by atoms with Crippen LogP contribution >= 0.6 is 0 Å². The molecule has 0 N–H and O–H groups in total. The summed E-state index contributed by atoms with van der Waals surface area (Å²) in [6.45, 7) is 0. The van der Waals surface area contributed by atoms with E-state index in [1.807, 2.05) is 0 Å². The summed E-state index contributed by atoms with van der Waals surface area (Å²) in [4.78, 5) is 0. The van der Waals surface area contributed by atoms with Crippen molar-refractivity contribution in [3.63, 3.8) is 0 Å². The van der Waals surface area contributed by atoms with Crippen molar-refractivity contribution in [3.05, 3.63) is 38.3 Å². The molecule has 68 heavy (non-hydrogen) atoms. The maximum atomic E-state index is 7.57. The minimum absolute atomic E-state index is 0.00192. The normalized spacial score (nSPS) is 14.5. The van der Waals surface area contributed by atoms with Gasteiger partial charge in [-0.1, -0.05) is 116 Å². The number of benzene rings is 8. The van der Waals surface area contributed by atoms with Crippen LogP contribution in [0.2, 0.25) is 6.32 Å². The quantitative estimate of drug-likeness (QED) is 0.0705. The molecular weight excluding hydrogens is 788 g/mol. The van der Waals surface area contributed by atoms with Gasteiger partial charge in [-0.05, 0) is 86.9 Å². The molecule has 0 spiro atoms. The molecule has 1 aliphatic rings. The van der Waals surface area contributed by atoms with E-state index in [1.54, 1.807) is 0 Å². The molecule has 0 amide bonds. The Morgan fingerprint density at radius 2 is 0.721 bits per heavy atom. The predicted molar refractivity (Wildman–Crippen MR) is 316 cm³/mol. The smallest absolute Gasteiger partial charge is 0.115 e. The highest BCUT2D eigenvalue weighted by Crippen LogP contribution is 2.42. The van der Waals surface area contributed by atoms with Gasteiger partial charge in [0.1, 0.15) is 180 Å². The first-order chi connectivity index (χ1) is 31.8. The number of terminal acetylenes is 1. The van der Waals surface area contributed by atoms with Crippen molar-refractivity contribution in [1.29, 1.82) is 0 Å². The van der Waals surface area contributed by atoms with Gasteiger partial charge >= 0.3 is 0 Å². The summed E-state index contributed by atoms with van der Waals surface area (Å²) in [7, 11) is 163. The van der Waals surface area contributed by atoms with E-state index < -0.39 is 5.92 Å². The van der Waals surface area contributed by atoms with E-state index in [0.717, 1.165) is 0 Å². The van der Waals surface area contributed by atoms with Crippen LogP contribution in [0, 0.1) is 12.3 Å². The second-order valence-corrected chi connectivity index (χ2v) is 16.9. The van der Waals surface area contributed by atoms with E-state index in [0.29, 0.717) is 16.2 Å². The summed E-state index contributed by atoms with van der Waals surface area (Å²) in [6, 6.07) is 0. The monoisotopic (exact) mass is 796 g/mol. The molecule has 0 nitrogen and oxygen atoms in total. The molecule has 252 valence electrons. The second-order valence-electron chi connectivity index (χ2n) is 16.9. The van der Waals surface area contributed by atoms with E-state index in [-0.39, 0.29) is 208 Å². The highest BCUT2D eigenvalue weighted by molar-refractivity contribution is 6.76. The standard InChI is InChI=1S/C44H4B24/c1-2-4(23(47)24(48)5(46)3-45)6-11(14-12-7-9-18(33(57)28(12)52)39(63)43(67)41(65)20(9)36(60)31(55)16(7)26(14)50)25(49)22(38(62)27(6)51)15-13-8-10-19(34(58)29(13)53)40(64)44(68)42(66)21(10)37(61)35(59)17(8)32(56)30(15)54/h1,14H,3H2/b23-4-,24-5-. The van der Waals surface area contributed by atoms with E-state index >= 15 is 0 Å². The van der Waals surface area contributed by atoms with Crippen LogP contribution in [0.3, 0.4) is 0 Å². The van der Waals surface area contributed by atoms with Crippen LogP contribution in [0.1, 0.15) is 22.6 Å². The molecule has 0 heterocycles. The summed E-state index contributed by atoms with van der Waals surface area (Å²) in [5.41, 5.74) is -1.25. The minimum atomic E-state index is -1.28. The van der Waals surface area contributed by atoms with Crippen molar-refractivity contribution in [2.45, 2.75) is 12.2 Å². The molecule has 0 bridgehead atoms. The Balaban J connectivity index is 1.58. The van der Waals surface area contributed by atoms with Gasteiger partial charge in [0.2, 0.25) is 0 Å². The van der Waals surface area contributed by atoms with Gasteiger partial charge in [0.25, 0.3) is 0 Å². The van der Waals surface area contributed by atoms with Gasteiger partial charge in [0.05, 0.1) is 7.85 Å². The number of rotatable bonds is 5. The molecule has 1 unspecified atom stereocenters. The fraction of sp³-hybridized carbons (Fsp3) is 0.0455. The van der Waals surface area contributed by atoms with E-state index in [4.69, 9.17) is 195 Å². The first kappa shape index (κ1) is 48.9. The first-order valence-electron chi connectivity index (χ1n) is 20.3. The van der Waals surface area contributed by atoms with Crippen molar-refractivity contribution >= 4 is 357 Å². The molecule has 0 aromatic heterocycles. The lowest BCUT2D eigenvalue weighted by Crippen LogP contribution is -2.49. The van der Waals surface area contributed by atoms with Crippen molar-refractivity contribution in [2.24, 2.45) is 0 Å². The molecule has 1 aliphatic carbocycles. The molecule has 9 rings (SSSR count). The van der Waals surface area contributed by atoms with Crippen LogP contribution < -0.4 is 109 Å². The van der Waals surface area contributed by atoms with Crippen molar-refractivity contribution in [2.75, 3.05) is 0 Å². The molecule has 8 aromatic carbocycles. The average molecular weight is 792 g/mol. The zero-order valence-corrected chi connectivity index (χ0v) is 36.2. The third-order valence-corrected chi connectivity index (χ3v) is 13.8. The highest BCUT2D eigenvalue weighted by Gasteiger charge is 2.36. The van der Waals surface area contributed by atoms with E-state index in [2.05, 4.69) is 5.92 Å². The predicted octanol–water partition coefficient (Wildman–Crippen LogP) is -14.6. The van der Waals surface area contributed by atoms with Crippen molar-refractivity contribution in [1.82, 2.24) is 0 Å². The molecule has 0 saturated heterocycles. The van der Waals surface area contributed by atoms with Crippen LogP contribution in [0.5, 0.6) is 0 Å². The molecular formula is C44H4B24. The molecule has 1 atom stereocenters. The third-order valence-electron chi connectivity index (χ3n) is 13.8. The molecule has 24 heteroatoms. The van der Waals surface area contributed by atoms with Gasteiger partial charge in [-0.15, -0.1) is 28.3 Å². The molecule has 0 fully saturated rings. The Bertz CT molecular complexity index is 3880. The van der Waals surface area contributed by atoms with Crippen LogP contribution in [0.25, 0.3) is 76.0 Å². The average Bonchev–Trinajstić information content (AvgIpc) is 3.61. The van der Waals surface area contributed by atoms with E-state index in [9.17, 15) is 0 Å². The maximum absolute atomic E-state index is 7.57. The van der Waals surface area contributed by atoms with Crippen LogP contribution in [-0.2, 0) is 0 Å². The Hall–Kier alpha value is -4.08. The first-order valence-corrected chi connectivity index (χ1v) is 20.3. The van der Waals surface area contributed by atoms with Crippen LogP contribution in [-0.4, -0.2) is 188 Å². The second kappa shape index (κ2) is 16.5. The SMILES string of the molecule is [B]C/C([B])=C([B])\C([B])=C(/C#C)c1c([B])c([B])c(-c2c([B])c([B])c3c([B])c([B])c4c([B])c([B])c([B])c5c([B])c([B])c2c3c45)c([B])c1C1C([B])=c2c([B])c([B])c3c([B])c([B])c([B])c4c([B])c([B])c1c2c43. The van der Waals surface area contributed by atoms with Gasteiger partial charge < -0.3 is 0 Å². The van der Waals surface area contributed by atoms with Crippen molar-refractivity contribution in [3.8, 4) is 23.5 Å². The van der Waals surface area contributed by atoms with Gasteiger partial charge in [0, 0.05) is 11.5 Å². The van der Waals surface area contributed by atoms with Gasteiger partial charge in [-0.2, -0.15) is 0 Å². The fourth-order valence-corrected chi connectivity index (χ4v) is 10.4. The largest absolute Gasteiger partial charge is 0.133 e. The van der Waals surface area contributed by atoms with Crippen molar-refractivity contribution < 1.29 is 0 Å². The lowest BCUT2D eigenvalue weighted by atomic mass is 9.56. The maximum Gasteiger partial charge on any atom is 0.115 e. The highest BCUT2D eigenvalue weighted by atomic mass is 14.4. The Morgan fingerprint density at radius 3 is 1.18 bits per heavy atom. The fourth-order valence-electron chi connectivity index (χ4n) is 10.4. The number of hydrogen-bond acceptors (Lipinski definition) is 0. The minimum Gasteiger partial charge on any atom is -0.133 e. The van der Waals surface area contributed by atoms with Crippen LogP contribution in [0.4, 0.5) is 0 Å². The molecule has 0 saturated carbocycles. The Labute approximate surface area is 428 Å². The zero-order valence-electron chi connectivity index (χ0n) is 36.2. The lowest BCUT2D eigenvalue weighted by Gasteiger charge is -2.34. The lowest BCUT2D eigenvalue weighted by molar-refractivity contribution is 1.12. The van der Waals surface area contributed by atoms with Gasteiger partial charge in [-0.3, -0.25) is 0 Å². The molecule has 48 radical (unpaired) electrons. The summed E-state index contributed by atoms with van der Waals surface area (Å²) < 4.78 is 0. The van der Waals surface area contributed by atoms with Gasteiger partial charge in [-0.25, -0.2) is 0 Å². The summed E-state index contributed by atoms with van der Waals surface area (Å²) in [5.74, 6) is 1.30. The topological polar surface area (TPSA) is 0 Å². The molecule has 8 aromatic rings. The Kier molecular flexibility index (Phi) is 11.9. The van der Waals surface area contributed by atoms with Gasteiger partial charge in [0.15, 0.2) is 0 Å². The summed E-state index contributed by atoms with van der Waals surface area (Å²) >= 11 is 0. The number of hydrogen-bond donors (Lipinski definition) is 0. The molecule has 0 aliphatic heterocycles. The zero-order chi connectivity index (χ0) is 50.1. The summed E-state index contributed by atoms with van der Waals surface area (Å²) in [5, 5.41) is 2.76. The number of allylic oxidation sites excluding steroid dienone is 4. The van der Waals surface area contributed by atoms with Crippen LogP contribution in [0.15, 0.2) is 16.4 Å².